The Morgan fingerprint density at radius 2 is 2.30 bits per heavy atom. The van der Waals surface area contributed by atoms with Crippen molar-refractivity contribution in [1.29, 1.82) is 0 Å². The van der Waals surface area contributed by atoms with Crippen LogP contribution in [0.2, 0.25) is 0 Å². The van der Waals surface area contributed by atoms with Crippen LogP contribution in [0.1, 0.15) is 0 Å². The summed E-state index contributed by atoms with van der Waals surface area (Å²) in [4.78, 5) is 0. The molecule has 0 aliphatic heterocycles. The number of rotatable bonds is 5. The summed E-state index contributed by atoms with van der Waals surface area (Å²) >= 11 is 2.04. The minimum atomic E-state index is -0.837. The van der Waals surface area contributed by atoms with Crippen molar-refractivity contribution >= 4 is 30.3 Å². The lowest BCUT2D eigenvalue weighted by Gasteiger charge is -2.12. The second-order valence-corrected chi connectivity index (χ2v) is 3.48. The Kier molecular flexibility index (Phi) is 6.86. The first-order valence-electron chi connectivity index (χ1n) is 2.71. The summed E-state index contributed by atoms with van der Waals surface area (Å²) < 4.78 is 2.81. The molecule has 0 aliphatic carbocycles. The van der Waals surface area contributed by atoms with Crippen LogP contribution in [-0.4, -0.2) is 29.0 Å². The molecule has 0 aliphatic rings. The third kappa shape index (κ3) is 4.51. The Bertz CT molecular complexity index is 104. The molecule has 0 spiro atoms. The molecule has 3 nitrogen and oxygen atoms in total. The Labute approximate surface area is 76.6 Å². The largest absolute Gasteiger partial charge is 0.389 e. The molecule has 0 amide bonds. The fraction of sp³-hybridized carbons (Fsp3) is 0.600. The summed E-state index contributed by atoms with van der Waals surface area (Å²) in [6.45, 7) is 3.71. The monoisotopic (exact) mass is 275 g/mol. The Balaban J connectivity index is 3.40. The van der Waals surface area contributed by atoms with Crippen LogP contribution in [-0.2, 0) is 0 Å². The van der Waals surface area contributed by atoms with Crippen LogP contribution in [0.5, 0.6) is 0 Å². The second kappa shape index (κ2) is 6.41. The fourth-order valence-corrected chi connectivity index (χ4v) is 1.17. The first kappa shape index (κ1) is 10.7. The zero-order chi connectivity index (χ0) is 7.98. The molecule has 0 fully saturated rings. The van der Waals surface area contributed by atoms with E-state index in [1.165, 1.54) is 15.2 Å². The molecule has 2 atom stereocenters. The number of hydrogen-bond donors (Lipinski definition) is 3. The zero-order valence-electron chi connectivity index (χ0n) is 5.33. The van der Waals surface area contributed by atoms with Gasteiger partial charge in [-0.2, -0.15) is 0 Å². The standard InChI is InChI=1S/C5H10INO2S/c1-2-4(8)5(9)3-7-10-6/h2,4-5,7-9H,1,3H2. The topological polar surface area (TPSA) is 52.5 Å². The molecule has 0 rings (SSSR count). The lowest BCUT2D eigenvalue weighted by atomic mass is 10.2. The van der Waals surface area contributed by atoms with Crippen molar-refractivity contribution < 1.29 is 10.2 Å². The highest BCUT2D eigenvalue weighted by Gasteiger charge is 2.10. The molecule has 0 aromatic heterocycles. The predicted octanol–water partition coefficient (Wildman–Crippen LogP) is 0.482. The van der Waals surface area contributed by atoms with Crippen molar-refractivity contribution in [3.8, 4) is 0 Å². The van der Waals surface area contributed by atoms with Gasteiger partial charge in [-0.05, 0) is 9.12 Å². The van der Waals surface area contributed by atoms with Gasteiger partial charge in [0.05, 0.1) is 12.2 Å². The van der Waals surface area contributed by atoms with Gasteiger partial charge in [-0.1, -0.05) is 6.08 Å². The van der Waals surface area contributed by atoms with Crippen LogP contribution in [0.3, 0.4) is 0 Å². The number of nitrogens with one attached hydrogen (secondary N) is 1. The quantitative estimate of drug-likeness (QED) is 0.388. The molecule has 0 heterocycles. The maximum absolute atomic E-state index is 9.05. The van der Waals surface area contributed by atoms with Gasteiger partial charge in [0, 0.05) is 27.8 Å². The molecule has 60 valence electrons. The first-order valence-corrected chi connectivity index (χ1v) is 6.07. The van der Waals surface area contributed by atoms with Gasteiger partial charge in [0.15, 0.2) is 0 Å². The van der Waals surface area contributed by atoms with Gasteiger partial charge in [-0.3, -0.25) is 4.72 Å². The Morgan fingerprint density at radius 1 is 1.70 bits per heavy atom. The molecular formula is C5H10INO2S. The fourth-order valence-electron chi connectivity index (χ4n) is 0.395. The number of hydrogen-bond acceptors (Lipinski definition) is 4. The van der Waals surface area contributed by atoms with E-state index in [2.05, 4.69) is 11.3 Å². The third-order valence-corrected chi connectivity index (χ3v) is 2.19. The Hall–Kier alpha value is 0.700. The molecule has 3 N–H and O–H groups in total. The number of aliphatic hydroxyl groups is 2. The maximum Gasteiger partial charge on any atom is 0.0990 e. The predicted molar refractivity (Wildman–Crippen MR) is 51.8 cm³/mol. The summed E-state index contributed by atoms with van der Waals surface area (Å²) in [5, 5.41) is 18.0. The average Bonchev–Trinajstić information content (AvgIpc) is 1.98. The van der Waals surface area contributed by atoms with Crippen LogP contribution in [0.15, 0.2) is 12.7 Å². The van der Waals surface area contributed by atoms with E-state index in [1.54, 1.807) is 0 Å². The summed E-state index contributed by atoms with van der Waals surface area (Å²) in [6.07, 6.45) is -0.291. The molecule has 2 unspecified atom stereocenters. The van der Waals surface area contributed by atoms with Crippen LogP contribution >= 0.6 is 30.3 Å². The highest BCUT2D eigenvalue weighted by molar-refractivity contribution is 14.2. The summed E-state index contributed by atoms with van der Waals surface area (Å²) in [6, 6.07) is 0. The molecular weight excluding hydrogens is 265 g/mol. The summed E-state index contributed by atoms with van der Waals surface area (Å²) in [7, 11) is 1.37. The van der Waals surface area contributed by atoms with E-state index in [9.17, 15) is 0 Å². The van der Waals surface area contributed by atoms with Gasteiger partial charge < -0.3 is 10.2 Å². The van der Waals surface area contributed by atoms with Gasteiger partial charge >= 0.3 is 0 Å². The van der Waals surface area contributed by atoms with E-state index >= 15 is 0 Å². The second-order valence-electron chi connectivity index (χ2n) is 1.72. The zero-order valence-corrected chi connectivity index (χ0v) is 8.30. The van der Waals surface area contributed by atoms with Crippen molar-refractivity contribution in [2.75, 3.05) is 6.54 Å². The van der Waals surface area contributed by atoms with Crippen LogP contribution in [0.25, 0.3) is 0 Å². The van der Waals surface area contributed by atoms with Crippen LogP contribution in [0.4, 0.5) is 0 Å². The molecule has 0 saturated heterocycles. The smallest absolute Gasteiger partial charge is 0.0990 e. The maximum atomic E-state index is 9.05. The van der Waals surface area contributed by atoms with Gasteiger partial charge in [-0.15, -0.1) is 6.58 Å². The lowest BCUT2D eigenvalue weighted by molar-refractivity contribution is 0.0533. The van der Waals surface area contributed by atoms with Gasteiger partial charge in [-0.25, -0.2) is 0 Å². The van der Waals surface area contributed by atoms with Gasteiger partial charge in [0.25, 0.3) is 0 Å². The van der Waals surface area contributed by atoms with Crippen LogP contribution in [0, 0.1) is 0 Å². The molecule has 0 bridgehead atoms. The van der Waals surface area contributed by atoms with E-state index in [0.29, 0.717) is 6.54 Å². The van der Waals surface area contributed by atoms with Gasteiger partial charge in [0.1, 0.15) is 0 Å². The van der Waals surface area contributed by atoms with Crippen molar-refractivity contribution in [3.05, 3.63) is 12.7 Å². The van der Waals surface area contributed by atoms with Crippen molar-refractivity contribution in [3.63, 3.8) is 0 Å². The SMILES string of the molecule is C=CC(O)C(O)CNSI. The molecule has 10 heavy (non-hydrogen) atoms. The number of aliphatic hydroxyl groups excluding tert-OH is 2. The lowest BCUT2D eigenvalue weighted by Crippen LogP contribution is -2.32. The molecule has 5 heteroatoms. The normalized spacial score (nSPS) is 16.3. The highest BCUT2D eigenvalue weighted by Crippen LogP contribution is 2.04. The van der Waals surface area contributed by atoms with Gasteiger partial charge in [0.2, 0.25) is 0 Å². The van der Waals surface area contributed by atoms with E-state index in [1.807, 2.05) is 21.2 Å². The summed E-state index contributed by atoms with van der Waals surface area (Å²) in [5.74, 6) is 0. The van der Waals surface area contributed by atoms with Crippen molar-refractivity contribution in [2.45, 2.75) is 12.2 Å². The number of halogens is 1. The minimum absolute atomic E-state index is 0.362. The van der Waals surface area contributed by atoms with E-state index in [0.717, 1.165) is 0 Å². The molecule has 0 radical (unpaired) electrons. The average molecular weight is 275 g/mol. The third-order valence-electron chi connectivity index (χ3n) is 0.983. The Morgan fingerprint density at radius 3 is 2.70 bits per heavy atom. The highest BCUT2D eigenvalue weighted by atomic mass is 127. The van der Waals surface area contributed by atoms with Crippen molar-refractivity contribution in [2.24, 2.45) is 0 Å². The molecule has 0 saturated carbocycles. The molecule has 0 aromatic carbocycles. The van der Waals surface area contributed by atoms with E-state index in [4.69, 9.17) is 10.2 Å². The van der Waals surface area contributed by atoms with Crippen molar-refractivity contribution in [1.82, 2.24) is 4.72 Å². The molecule has 0 aromatic rings. The first-order chi connectivity index (χ1) is 4.72. The summed E-state index contributed by atoms with van der Waals surface area (Å²) in [5.41, 5.74) is 0. The van der Waals surface area contributed by atoms with Crippen LogP contribution < -0.4 is 4.72 Å². The van der Waals surface area contributed by atoms with E-state index in [-0.39, 0.29) is 0 Å². The minimum Gasteiger partial charge on any atom is -0.389 e. The van der Waals surface area contributed by atoms with E-state index < -0.39 is 12.2 Å².